The number of benzene rings is 1. The van der Waals surface area contributed by atoms with E-state index in [1.54, 1.807) is 16.7 Å². The number of halogens is 2. The zero-order chi connectivity index (χ0) is 25.2. The monoisotopic (exact) mass is 483 g/mol. The first-order valence-electron chi connectivity index (χ1n) is 12.5. The highest BCUT2D eigenvalue weighted by atomic mass is 19.3. The smallest absolute Gasteiger partial charge is 0.252 e. The number of aryl methyl sites for hydroxylation is 1. The Morgan fingerprint density at radius 2 is 1.74 bits per heavy atom. The summed E-state index contributed by atoms with van der Waals surface area (Å²) in [7, 11) is 0. The molecule has 1 fully saturated rings. The van der Waals surface area contributed by atoms with E-state index in [1.807, 2.05) is 13.8 Å². The van der Waals surface area contributed by atoms with Crippen LogP contribution in [-0.4, -0.2) is 38.4 Å². The third kappa shape index (κ3) is 6.04. The normalized spacial score (nSPS) is 17.9. The van der Waals surface area contributed by atoms with Crippen LogP contribution >= 0.6 is 0 Å². The number of piperidine rings is 1. The lowest BCUT2D eigenvalue weighted by atomic mass is 10.0. The Hall–Kier alpha value is -2.87. The summed E-state index contributed by atoms with van der Waals surface area (Å²) in [5, 5.41) is 4.26. The van der Waals surface area contributed by atoms with Gasteiger partial charge in [0.1, 0.15) is 5.65 Å². The van der Waals surface area contributed by atoms with E-state index in [4.69, 9.17) is 4.98 Å². The molecule has 0 radical (unpaired) electrons. The predicted molar refractivity (Wildman–Crippen MR) is 136 cm³/mol. The van der Waals surface area contributed by atoms with Crippen molar-refractivity contribution in [3.8, 4) is 0 Å². The van der Waals surface area contributed by atoms with E-state index in [2.05, 4.69) is 53.3 Å². The highest BCUT2D eigenvalue weighted by molar-refractivity contribution is 5.78. The van der Waals surface area contributed by atoms with Gasteiger partial charge in [-0.05, 0) is 37.0 Å². The van der Waals surface area contributed by atoms with Gasteiger partial charge in [0, 0.05) is 50.5 Å². The van der Waals surface area contributed by atoms with E-state index in [-0.39, 0.29) is 24.4 Å². The standard InChI is InChI=1S/C27H35F2N5O/c1-5-18(2)16-34-24(35)11-10-23-20(4)31-26(32-25(23)34)30-19(3)22-8-6-21(7-9-22)17-33-14-12-27(28,29)13-15-33/h6-11,18-19H,5,12-17H2,1-4H3,(H,30,31,32). The number of aromatic nitrogens is 3. The molecule has 1 saturated heterocycles. The molecule has 4 rings (SSSR count). The summed E-state index contributed by atoms with van der Waals surface area (Å²) < 4.78 is 28.6. The largest absolute Gasteiger partial charge is 0.348 e. The average Bonchev–Trinajstić information content (AvgIpc) is 2.82. The fourth-order valence-electron chi connectivity index (χ4n) is 4.48. The molecule has 0 bridgehead atoms. The van der Waals surface area contributed by atoms with Crippen LogP contribution in [0.25, 0.3) is 11.0 Å². The van der Waals surface area contributed by atoms with Crippen molar-refractivity contribution >= 4 is 17.0 Å². The minimum Gasteiger partial charge on any atom is -0.348 e. The molecular formula is C27H35F2N5O. The summed E-state index contributed by atoms with van der Waals surface area (Å²) in [4.78, 5) is 24.0. The summed E-state index contributed by atoms with van der Waals surface area (Å²) in [5.74, 6) is -1.67. The van der Waals surface area contributed by atoms with Crippen LogP contribution in [0.1, 0.15) is 62.9 Å². The Bertz CT molecular complexity index is 1210. The molecule has 3 heterocycles. The Morgan fingerprint density at radius 1 is 1.06 bits per heavy atom. The molecule has 2 atom stereocenters. The van der Waals surface area contributed by atoms with Crippen molar-refractivity contribution in [1.29, 1.82) is 0 Å². The zero-order valence-electron chi connectivity index (χ0n) is 21.0. The fraction of sp³-hybridized carbons (Fsp3) is 0.519. The number of likely N-dealkylation sites (tertiary alicyclic amines) is 1. The van der Waals surface area contributed by atoms with Crippen LogP contribution in [0.5, 0.6) is 0 Å². The molecule has 1 aliphatic rings. The Labute approximate surface area is 205 Å². The second-order valence-corrected chi connectivity index (χ2v) is 9.91. The minimum absolute atomic E-state index is 0.0481. The molecular weight excluding hydrogens is 448 g/mol. The molecule has 0 aliphatic carbocycles. The molecule has 35 heavy (non-hydrogen) atoms. The van der Waals surface area contributed by atoms with Gasteiger partial charge in [0.15, 0.2) is 0 Å². The molecule has 0 saturated carbocycles. The van der Waals surface area contributed by atoms with E-state index in [0.717, 1.165) is 28.6 Å². The van der Waals surface area contributed by atoms with Crippen molar-refractivity contribution in [2.45, 2.75) is 72.0 Å². The van der Waals surface area contributed by atoms with Crippen LogP contribution in [-0.2, 0) is 13.1 Å². The van der Waals surface area contributed by atoms with Crippen molar-refractivity contribution in [3.63, 3.8) is 0 Å². The molecule has 0 spiro atoms. The first-order chi connectivity index (χ1) is 16.6. The number of fused-ring (bicyclic) bond motifs is 1. The topological polar surface area (TPSA) is 63.1 Å². The van der Waals surface area contributed by atoms with Crippen molar-refractivity contribution in [2.75, 3.05) is 18.4 Å². The van der Waals surface area contributed by atoms with Gasteiger partial charge in [-0.1, -0.05) is 44.5 Å². The Morgan fingerprint density at radius 3 is 2.40 bits per heavy atom. The van der Waals surface area contributed by atoms with Crippen LogP contribution in [0.15, 0.2) is 41.2 Å². The zero-order valence-corrected chi connectivity index (χ0v) is 21.0. The summed E-state index contributed by atoms with van der Waals surface area (Å²) in [6.45, 7) is 10.4. The third-order valence-corrected chi connectivity index (χ3v) is 7.04. The SMILES string of the molecule is CCC(C)Cn1c(=O)ccc2c(C)nc(NC(C)c3ccc(CN4CCC(F)(F)CC4)cc3)nc21. The summed E-state index contributed by atoms with van der Waals surface area (Å²) >= 11 is 0. The first kappa shape index (κ1) is 25.2. The Kier molecular flexibility index (Phi) is 7.50. The van der Waals surface area contributed by atoms with Crippen LogP contribution in [0.2, 0.25) is 0 Å². The third-order valence-electron chi connectivity index (χ3n) is 7.04. The van der Waals surface area contributed by atoms with E-state index < -0.39 is 5.92 Å². The number of alkyl halides is 2. The van der Waals surface area contributed by atoms with Crippen molar-refractivity contribution < 1.29 is 8.78 Å². The lowest BCUT2D eigenvalue weighted by Gasteiger charge is -2.31. The van der Waals surface area contributed by atoms with E-state index in [0.29, 0.717) is 43.7 Å². The molecule has 6 nitrogen and oxygen atoms in total. The van der Waals surface area contributed by atoms with Gasteiger partial charge >= 0.3 is 0 Å². The maximum absolute atomic E-state index is 13.4. The lowest BCUT2D eigenvalue weighted by Crippen LogP contribution is -2.38. The first-order valence-corrected chi connectivity index (χ1v) is 12.5. The Balaban J connectivity index is 1.48. The van der Waals surface area contributed by atoms with E-state index in [1.165, 1.54) is 0 Å². The number of pyridine rings is 1. The van der Waals surface area contributed by atoms with Crippen LogP contribution in [0.4, 0.5) is 14.7 Å². The van der Waals surface area contributed by atoms with Crippen LogP contribution < -0.4 is 10.9 Å². The van der Waals surface area contributed by atoms with Gasteiger partial charge in [0.05, 0.1) is 11.7 Å². The number of nitrogens with one attached hydrogen (secondary N) is 1. The van der Waals surface area contributed by atoms with Gasteiger partial charge < -0.3 is 5.32 Å². The lowest BCUT2D eigenvalue weighted by molar-refractivity contribution is -0.0566. The summed E-state index contributed by atoms with van der Waals surface area (Å²) in [6.07, 6.45) is 0.847. The van der Waals surface area contributed by atoms with Crippen molar-refractivity contribution in [2.24, 2.45) is 5.92 Å². The van der Waals surface area contributed by atoms with Gasteiger partial charge in [0.2, 0.25) is 5.95 Å². The number of anilines is 1. The molecule has 3 aromatic rings. The molecule has 1 N–H and O–H groups in total. The van der Waals surface area contributed by atoms with Gasteiger partial charge in [-0.3, -0.25) is 14.3 Å². The van der Waals surface area contributed by atoms with Gasteiger partial charge in [-0.2, -0.15) is 4.98 Å². The van der Waals surface area contributed by atoms with Crippen LogP contribution in [0, 0.1) is 12.8 Å². The number of hydrogen-bond donors (Lipinski definition) is 1. The molecule has 2 aromatic heterocycles. The predicted octanol–water partition coefficient (Wildman–Crippen LogP) is 5.55. The molecule has 188 valence electrons. The second kappa shape index (κ2) is 10.4. The highest BCUT2D eigenvalue weighted by Gasteiger charge is 2.33. The molecule has 2 unspecified atom stereocenters. The van der Waals surface area contributed by atoms with Crippen molar-refractivity contribution in [1.82, 2.24) is 19.4 Å². The number of hydrogen-bond acceptors (Lipinski definition) is 5. The van der Waals surface area contributed by atoms with Crippen LogP contribution in [0.3, 0.4) is 0 Å². The highest BCUT2D eigenvalue weighted by Crippen LogP contribution is 2.28. The quantitative estimate of drug-likeness (QED) is 0.455. The molecule has 1 aromatic carbocycles. The van der Waals surface area contributed by atoms with Gasteiger partial charge in [0.25, 0.3) is 11.5 Å². The summed E-state index contributed by atoms with van der Waals surface area (Å²) in [5.41, 5.74) is 3.61. The summed E-state index contributed by atoms with van der Waals surface area (Å²) in [6, 6.07) is 11.6. The van der Waals surface area contributed by atoms with E-state index >= 15 is 0 Å². The van der Waals surface area contributed by atoms with Gasteiger partial charge in [-0.25, -0.2) is 13.8 Å². The minimum atomic E-state index is -2.52. The second-order valence-electron chi connectivity index (χ2n) is 9.91. The molecule has 1 aliphatic heterocycles. The van der Waals surface area contributed by atoms with Gasteiger partial charge in [-0.15, -0.1) is 0 Å². The van der Waals surface area contributed by atoms with Crippen molar-refractivity contribution in [3.05, 3.63) is 63.6 Å². The fourth-order valence-corrected chi connectivity index (χ4v) is 4.48. The van der Waals surface area contributed by atoms with E-state index in [9.17, 15) is 13.6 Å². The average molecular weight is 484 g/mol. The maximum atomic E-state index is 13.4. The molecule has 0 amide bonds. The molecule has 8 heteroatoms. The maximum Gasteiger partial charge on any atom is 0.252 e. The number of rotatable bonds is 8. The number of nitrogens with zero attached hydrogens (tertiary/aromatic N) is 4.